The molecule has 0 aromatic heterocycles. The van der Waals surface area contributed by atoms with Crippen molar-refractivity contribution in [3.8, 4) is 6.07 Å². The van der Waals surface area contributed by atoms with Crippen molar-refractivity contribution in [2.45, 2.75) is 68.5 Å². The van der Waals surface area contributed by atoms with Crippen molar-refractivity contribution >= 4 is 5.91 Å². The highest BCUT2D eigenvalue weighted by atomic mass is 16.3. The summed E-state index contributed by atoms with van der Waals surface area (Å²) in [4.78, 5) is 14.2. The van der Waals surface area contributed by atoms with Crippen molar-refractivity contribution in [3.05, 3.63) is 0 Å². The van der Waals surface area contributed by atoms with Crippen LogP contribution in [0.4, 0.5) is 0 Å². The molecule has 4 aliphatic carbocycles. The fraction of sp³-hybridized carbons (Fsp3) is 0.882. The maximum absolute atomic E-state index is 12.4. The number of hydrogen-bond acceptors (Lipinski definition) is 4. The van der Waals surface area contributed by atoms with Crippen LogP contribution in [0.1, 0.15) is 51.4 Å². The number of likely N-dealkylation sites (tertiary alicyclic amines) is 1. The maximum atomic E-state index is 12.4. The van der Waals surface area contributed by atoms with Crippen LogP contribution in [-0.2, 0) is 4.79 Å². The number of nitrogens with zero attached hydrogens (tertiary/aromatic N) is 2. The topological polar surface area (TPSA) is 76.4 Å². The lowest BCUT2D eigenvalue weighted by atomic mass is 9.51. The summed E-state index contributed by atoms with van der Waals surface area (Å²) in [6, 6.07) is 1.99. The molecule has 1 heterocycles. The second kappa shape index (κ2) is 4.94. The minimum Gasteiger partial charge on any atom is -0.390 e. The minimum atomic E-state index is -0.497. The Morgan fingerprint density at radius 3 is 2.68 bits per heavy atom. The first-order valence-corrected chi connectivity index (χ1v) is 8.67. The monoisotopic (exact) mass is 303 g/mol. The Hall–Kier alpha value is -1.12. The minimum absolute atomic E-state index is 0.0453. The number of rotatable bonds is 3. The number of carbonyl (C=O) groups excluding carboxylic acids is 1. The lowest BCUT2D eigenvalue weighted by Crippen LogP contribution is -2.65. The Morgan fingerprint density at radius 1 is 1.32 bits per heavy atom. The molecular formula is C17H25N3O2. The van der Waals surface area contributed by atoms with Crippen molar-refractivity contribution in [2.75, 3.05) is 13.1 Å². The fourth-order valence-corrected chi connectivity index (χ4v) is 5.99. The summed E-state index contributed by atoms with van der Waals surface area (Å²) >= 11 is 0. The molecule has 4 saturated carbocycles. The van der Waals surface area contributed by atoms with Gasteiger partial charge in [0, 0.05) is 12.1 Å². The number of nitrogens with one attached hydrogen (secondary N) is 1. The van der Waals surface area contributed by atoms with E-state index in [0.717, 1.165) is 44.9 Å². The molecule has 2 N–H and O–H groups in total. The van der Waals surface area contributed by atoms with Crippen molar-refractivity contribution < 1.29 is 9.90 Å². The van der Waals surface area contributed by atoms with E-state index in [1.54, 1.807) is 4.90 Å². The standard InChI is InChI=1S/C17H25N3O2/c18-9-14-2-1-3-20(14)15(21)10-19-16-5-12-4-13(6-16)8-17(22,7-12)11-16/h12-14,19,22H,1-8,10-11H2/t12-,13-,14-,16?,17?/m1/s1. The zero-order valence-electron chi connectivity index (χ0n) is 13.1. The third-order valence-electron chi connectivity index (χ3n) is 6.37. The van der Waals surface area contributed by atoms with Crippen molar-refractivity contribution in [3.63, 3.8) is 0 Å². The van der Waals surface area contributed by atoms with E-state index in [1.807, 2.05) is 0 Å². The smallest absolute Gasteiger partial charge is 0.237 e. The molecule has 4 bridgehead atoms. The van der Waals surface area contributed by atoms with E-state index >= 15 is 0 Å². The molecule has 5 rings (SSSR count). The zero-order valence-corrected chi connectivity index (χ0v) is 13.1. The van der Waals surface area contributed by atoms with Gasteiger partial charge in [-0.1, -0.05) is 0 Å². The Labute approximate surface area is 131 Å². The van der Waals surface area contributed by atoms with Gasteiger partial charge in [-0.25, -0.2) is 0 Å². The normalized spacial score (nSPS) is 46.0. The predicted octanol–water partition coefficient (Wildman–Crippen LogP) is 1.17. The summed E-state index contributed by atoms with van der Waals surface area (Å²) in [6.45, 7) is 1.02. The molecule has 5 heteroatoms. The van der Waals surface area contributed by atoms with Gasteiger partial charge < -0.3 is 15.3 Å². The number of aliphatic hydroxyl groups is 1. The van der Waals surface area contributed by atoms with Crippen LogP contribution in [0.5, 0.6) is 0 Å². The summed E-state index contributed by atoms with van der Waals surface area (Å²) in [5.74, 6) is 1.28. The third kappa shape index (κ3) is 2.33. The number of hydrogen-bond donors (Lipinski definition) is 2. The van der Waals surface area contributed by atoms with Crippen molar-refractivity contribution in [1.82, 2.24) is 10.2 Å². The number of carbonyl (C=O) groups is 1. The fourth-order valence-electron chi connectivity index (χ4n) is 5.99. The molecule has 5 fully saturated rings. The summed E-state index contributed by atoms with van der Waals surface area (Å²) in [6.07, 6.45) is 7.87. The van der Waals surface area contributed by atoms with Crippen molar-refractivity contribution in [2.24, 2.45) is 11.8 Å². The van der Waals surface area contributed by atoms with Crippen LogP contribution in [-0.4, -0.2) is 46.2 Å². The molecule has 0 radical (unpaired) electrons. The van der Waals surface area contributed by atoms with E-state index in [2.05, 4.69) is 11.4 Å². The van der Waals surface area contributed by atoms with Gasteiger partial charge in [-0.15, -0.1) is 0 Å². The predicted molar refractivity (Wildman–Crippen MR) is 80.7 cm³/mol. The van der Waals surface area contributed by atoms with Gasteiger partial charge in [-0.05, 0) is 63.2 Å². The van der Waals surface area contributed by atoms with Crippen LogP contribution in [0.2, 0.25) is 0 Å². The average Bonchev–Trinajstić information content (AvgIpc) is 2.90. The molecule has 1 aliphatic heterocycles. The van der Waals surface area contributed by atoms with Crippen LogP contribution in [0.25, 0.3) is 0 Å². The Morgan fingerprint density at radius 2 is 2.05 bits per heavy atom. The van der Waals surface area contributed by atoms with E-state index in [4.69, 9.17) is 5.26 Å². The number of nitriles is 1. The second-order valence-electron chi connectivity index (χ2n) is 8.19. The molecule has 1 saturated heterocycles. The largest absolute Gasteiger partial charge is 0.390 e. The van der Waals surface area contributed by atoms with Gasteiger partial charge in [0.2, 0.25) is 5.91 Å². The lowest BCUT2D eigenvalue weighted by molar-refractivity contribution is -0.147. The lowest BCUT2D eigenvalue weighted by Gasteiger charge is -2.60. The van der Waals surface area contributed by atoms with E-state index in [1.165, 1.54) is 6.42 Å². The Bertz CT molecular complexity index is 512. The van der Waals surface area contributed by atoms with Crippen molar-refractivity contribution in [1.29, 1.82) is 5.26 Å². The SMILES string of the molecule is N#C[C@H]1CCCN1C(=O)CNC12C[C@H]3C[C@@H](CC(O)(C3)C1)C2. The summed E-state index contributed by atoms with van der Waals surface area (Å²) in [7, 11) is 0. The van der Waals surface area contributed by atoms with Crippen LogP contribution < -0.4 is 5.32 Å². The third-order valence-corrected chi connectivity index (χ3v) is 6.37. The molecule has 5 aliphatic rings. The van der Waals surface area contributed by atoms with Crippen LogP contribution in [0.3, 0.4) is 0 Å². The molecule has 120 valence electrons. The molecular weight excluding hydrogens is 278 g/mol. The van der Waals surface area contributed by atoms with Gasteiger partial charge in [0.05, 0.1) is 18.2 Å². The highest BCUT2D eigenvalue weighted by molar-refractivity contribution is 5.79. The first-order valence-electron chi connectivity index (χ1n) is 8.67. The molecule has 5 nitrogen and oxygen atoms in total. The highest BCUT2D eigenvalue weighted by Gasteiger charge is 2.57. The quantitative estimate of drug-likeness (QED) is 0.821. The van der Waals surface area contributed by atoms with E-state index < -0.39 is 5.60 Å². The highest BCUT2D eigenvalue weighted by Crippen LogP contribution is 2.57. The van der Waals surface area contributed by atoms with Crippen LogP contribution in [0.15, 0.2) is 0 Å². The van der Waals surface area contributed by atoms with Gasteiger partial charge in [-0.2, -0.15) is 5.26 Å². The van der Waals surface area contributed by atoms with Gasteiger partial charge in [0.25, 0.3) is 0 Å². The molecule has 0 spiro atoms. The number of amides is 1. The molecule has 22 heavy (non-hydrogen) atoms. The average molecular weight is 303 g/mol. The van der Waals surface area contributed by atoms with E-state index in [9.17, 15) is 9.90 Å². The summed E-state index contributed by atoms with van der Waals surface area (Å²) in [5, 5.41) is 23.4. The summed E-state index contributed by atoms with van der Waals surface area (Å²) in [5.41, 5.74) is -0.542. The van der Waals surface area contributed by atoms with Crippen LogP contribution in [0, 0.1) is 23.2 Å². The first kappa shape index (κ1) is 14.5. The van der Waals surface area contributed by atoms with Crippen LogP contribution >= 0.6 is 0 Å². The van der Waals surface area contributed by atoms with Gasteiger partial charge in [0.1, 0.15) is 6.04 Å². The second-order valence-corrected chi connectivity index (χ2v) is 8.19. The van der Waals surface area contributed by atoms with Gasteiger partial charge in [0.15, 0.2) is 0 Å². The molecule has 1 amide bonds. The van der Waals surface area contributed by atoms with E-state index in [-0.39, 0.29) is 17.5 Å². The Balaban J connectivity index is 1.41. The summed E-state index contributed by atoms with van der Waals surface area (Å²) < 4.78 is 0. The molecule has 0 unspecified atom stereocenters. The zero-order chi connectivity index (χ0) is 15.4. The molecule has 3 atom stereocenters. The Kier molecular flexibility index (Phi) is 3.25. The first-order chi connectivity index (χ1) is 10.5. The van der Waals surface area contributed by atoms with Gasteiger partial charge >= 0.3 is 0 Å². The van der Waals surface area contributed by atoms with Gasteiger partial charge in [-0.3, -0.25) is 4.79 Å². The molecule has 0 aromatic carbocycles. The molecule has 0 aromatic rings. The maximum Gasteiger partial charge on any atom is 0.237 e. The van der Waals surface area contributed by atoms with E-state index in [0.29, 0.717) is 24.9 Å².